The molecule has 6 heteroatoms. The summed E-state index contributed by atoms with van der Waals surface area (Å²) in [4.78, 5) is 4.38. The molecule has 1 saturated carbocycles. The number of thioether (sulfide) groups is 1. The van der Waals surface area contributed by atoms with Crippen molar-refractivity contribution >= 4 is 22.6 Å². The maximum absolute atomic E-state index is 12.9. The molecule has 1 atom stereocenters. The molecule has 3 rings (SSSR count). The van der Waals surface area contributed by atoms with Crippen LogP contribution in [0.1, 0.15) is 24.0 Å². The molecule has 1 aliphatic heterocycles. The molecule has 1 N–H and O–H groups in total. The smallest absolute Gasteiger partial charge is 0.335 e. The van der Waals surface area contributed by atoms with Crippen LogP contribution in [0.15, 0.2) is 23.2 Å². The average molecular weight is 300 g/mol. The molecule has 0 bridgehead atoms. The topological polar surface area (TPSA) is 24.4 Å². The number of aliphatic imine (C=N–C) groups is 1. The van der Waals surface area contributed by atoms with Crippen molar-refractivity contribution < 1.29 is 13.2 Å². The maximum Gasteiger partial charge on any atom is 0.416 e. The molecule has 2 aliphatic rings. The second kappa shape index (κ2) is 4.98. The van der Waals surface area contributed by atoms with Crippen molar-refractivity contribution in [2.24, 2.45) is 10.9 Å². The van der Waals surface area contributed by atoms with Crippen molar-refractivity contribution in [3.63, 3.8) is 0 Å². The average Bonchev–Trinajstić information content (AvgIpc) is 3.12. The number of benzene rings is 1. The summed E-state index contributed by atoms with van der Waals surface area (Å²) in [5, 5.41) is 4.25. The van der Waals surface area contributed by atoms with Crippen LogP contribution in [0, 0.1) is 12.8 Å². The number of rotatable bonds is 2. The Labute approximate surface area is 119 Å². The van der Waals surface area contributed by atoms with Crippen LogP contribution >= 0.6 is 11.8 Å². The normalized spacial score (nSPS) is 22.8. The van der Waals surface area contributed by atoms with Gasteiger partial charge in [0.15, 0.2) is 5.17 Å². The van der Waals surface area contributed by atoms with Crippen molar-refractivity contribution in [2.75, 3.05) is 11.9 Å². The molecule has 108 valence electrons. The predicted molar refractivity (Wildman–Crippen MR) is 76.2 cm³/mol. The number of hydrogen-bond acceptors (Lipinski definition) is 3. The van der Waals surface area contributed by atoms with E-state index in [4.69, 9.17) is 0 Å². The van der Waals surface area contributed by atoms with E-state index in [9.17, 15) is 13.2 Å². The Morgan fingerprint density at radius 2 is 2.05 bits per heavy atom. The number of amidine groups is 1. The summed E-state index contributed by atoms with van der Waals surface area (Å²) in [6.07, 6.45) is -1.81. The first-order chi connectivity index (χ1) is 9.43. The number of anilines is 1. The van der Waals surface area contributed by atoms with Crippen LogP contribution in [0.3, 0.4) is 0 Å². The molecule has 0 spiro atoms. The minimum Gasteiger partial charge on any atom is -0.335 e. The van der Waals surface area contributed by atoms with Gasteiger partial charge in [0.1, 0.15) is 0 Å². The maximum atomic E-state index is 12.9. The van der Waals surface area contributed by atoms with Crippen molar-refractivity contribution in [1.82, 2.24) is 0 Å². The fraction of sp³-hybridized carbons (Fsp3) is 0.500. The van der Waals surface area contributed by atoms with Crippen LogP contribution in [-0.2, 0) is 6.18 Å². The Kier molecular flexibility index (Phi) is 3.44. The standard InChI is InChI=1S/C14H15F3N2S/c1-8-2-5-10(6-11(8)14(15,16)17)19-13-18-7-12(20-13)9-3-4-9/h2,5-6,9,12H,3-4,7H2,1H3,(H,18,19). The third kappa shape index (κ3) is 2.95. The van der Waals surface area contributed by atoms with Gasteiger partial charge in [0.2, 0.25) is 0 Å². The zero-order valence-corrected chi connectivity index (χ0v) is 11.8. The monoisotopic (exact) mass is 300 g/mol. The quantitative estimate of drug-likeness (QED) is 0.880. The Hall–Kier alpha value is -1.17. The second-order valence-corrected chi connectivity index (χ2v) is 6.52. The van der Waals surface area contributed by atoms with Crippen molar-refractivity contribution in [3.05, 3.63) is 29.3 Å². The molecule has 0 aromatic heterocycles. The van der Waals surface area contributed by atoms with Crippen LogP contribution < -0.4 is 5.32 Å². The number of halogens is 3. The second-order valence-electron chi connectivity index (χ2n) is 5.29. The molecule has 1 unspecified atom stereocenters. The van der Waals surface area contributed by atoms with Gasteiger partial charge in [-0.05, 0) is 43.4 Å². The van der Waals surface area contributed by atoms with Gasteiger partial charge in [0, 0.05) is 10.9 Å². The highest BCUT2D eigenvalue weighted by Gasteiger charge is 2.36. The van der Waals surface area contributed by atoms with E-state index in [0.29, 0.717) is 10.9 Å². The first-order valence-corrected chi connectivity index (χ1v) is 7.47. The lowest BCUT2D eigenvalue weighted by atomic mass is 10.1. The zero-order valence-electron chi connectivity index (χ0n) is 11.0. The molecule has 2 nitrogen and oxygen atoms in total. The lowest BCUT2D eigenvalue weighted by Gasteiger charge is -2.13. The number of nitrogens with one attached hydrogen (secondary N) is 1. The Bertz CT molecular complexity index is 550. The van der Waals surface area contributed by atoms with E-state index in [1.165, 1.54) is 25.8 Å². The summed E-state index contributed by atoms with van der Waals surface area (Å²) < 4.78 is 38.6. The van der Waals surface area contributed by atoms with Gasteiger partial charge < -0.3 is 5.32 Å². The first kappa shape index (κ1) is 13.8. The van der Waals surface area contributed by atoms with Gasteiger partial charge >= 0.3 is 6.18 Å². The molecule has 1 aromatic rings. The molecule has 1 aromatic carbocycles. The molecule has 0 amide bonds. The lowest BCUT2D eigenvalue weighted by Crippen LogP contribution is -2.11. The van der Waals surface area contributed by atoms with E-state index < -0.39 is 11.7 Å². The summed E-state index contributed by atoms with van der Waals surface area (Å²) in [5.41, 5.74) is 0.0929. The number of nitrogens with zero attached hydrogens (tertiary/aromatic N) is 1. The van der Waals surface area contributed by atoms with Crippen LogP contribution in [0.4, 0.5) is 18.9 Å². The van der Waals surface area contributed by atoms with Crippen LogP contribution in [0.25, 0.3) is 0 Å². The molecular formula is C14H15F3N2S. The summed E-state index contributed by atoms with van der Waals surface area (Å²) >= 11 is 1.65. The third-order valence-corrected chi connectivity index (χ3v) is 4.91. The summed E-state index contributed by atoms with van der Waals surface area (Å²) in [7, 11) is 0. The molecule has 20 heavy (non-hydrogen) atoms. The minimum atomic E-state index is -4.32. The van der Waals surface area contributed by atoms with Crippen LogP contribution in [0.2, 0.25) is 0 Å². The lowest BCUT2D eigenvalue weighted by molar-refractivity contribution is -0.138. The Morgan fingerprint density at radius 1 is 1.30 bits per heavy atom. The fourth-order valence-corrected chi connectivity index (χ4v) is 3.53. The molecule has 0 saturated heterocycles. The fourth-order valence-electron chi connectivity index (χ4n) is 2.30. The zero-order chi connectivity index (χ0) is 14.3. The van der Waals surface area contributed by atoms with E-state index in [1.807, 2.05) is 0 Å². The van der Waals surface area contributed by atoms with Gasteiger partial charge in [-0.3, -0.25) is 4.99 Å². The van der Waals surface area contributed by atoms with E-state index in [1.54, 1.807) is 17.8 Å². The van der Waals surface area contributed by atoms with Gasteiger partial charge in [-0.25, -0.2) is 0 Å². The van der Waals surface area contributed by atoms with Crippen molar-refractivity contribution in [1.29, 1.82) is 0 Å². The highest BCUT2D eigenvalue weighted by atomic mass is 32.2. The summed E-state index contributed by atoms with van der Waals surface area (Å²) in [6, 6.07) is 4.31. The SMILES string of the molecule is Cc1ccc(NC2=NCC(C3CC3)S2)cc1C(F)(F)F. The first-order valence-electron chi connectivity index (χ1n) is 6.59. The van der Waals surface area contributed by atoms with Gasteiger partial charge in [-0.1, -0.05) is 17.8 Å². The van der Waals surface area contributed by atoms with Gasteiger partial charge in [-0.2, -0.15) is 13.2 Å². The minimum absolute atomic E-state index is 0.236. The Morgan fingerprint density at radius 3 is 2.70 bits per heavy atom. The van der Waals surface area contributed by atoms with Crippen molar-refractivity contribution in [2.45, 2.75) is 31.2 Å². The third-order valence-electron chi connectivity index (χ3n) is 3.62. The summed E-state index contributed by atoms with van der Waals surface area (Å²) in [5.74, 6) is 0.742. The predicted octanol–water partition coefficient (Wildman–Crippen LogP) is 4.31. The number of alkyl halides is 3. The van der Waals surface area contributed by atoms with E-state index in [2.05, 4.69) is 10.3 Å². The summed E-state index contributed by atoms with van der Waals surface area (Å²) in [6.45, 7) is 2.24. The van der Waals surface area contributed by atoms with Crippen molar-refractivity contribution in [3.8, 4) is 0 Å². The van der Waals surface area contributed by atoms with E-state index in [0.717, 1.165) is 23.7 Å². The van der Waals surface area contributed by atoms with E-state index >= 15 is 0 Å². The molecular weight excluding hydrogens is 285 g/mol. The highest BCUT2D eigenvalue weighted by molar-refractivity contribution is 8.15. The number of hydrogen-bond donors (Lipinski definition) is 1. The van der Waals surface area contributed by atoms with Gasteiger partial charge in [0.25, 0.3) is 0 Å². The van der Waals surface area contributed by atoms with Gasteiger partial charge in [-0.15, -0.1) is 0 Å². The van der Waals surface area contributed by atoms with E-state index in [-0.39, 0.29) is 5.56 Å². The van der Waals surface area contributed by atoms with Crippen LogP contribution in [-0.4, -0.2) is 17.0 Å². The van der Waals surface area contributed by atoms with Crippen LogP contribution in [0.5, 0.6) is 0 Å². The largest absolute Gasteiger partial charge is 0.416 e. The van der Waals surface area contributed by atoms with Gasteiger partial charge in [0.05, 0.1) is 12.1 Å². The molecule has 1 aliphatic carbocycles. The number of aryl methyl sites for hydroxylation is 1. The Balaban J connectivity index is 1.72. The highest BCUT2D eigenvalue weighted by Crippen LogP contribution is 2.42. The molecule has 0 radical (unpaired) electrons. The molecule has 1 heterocycles. The molecule has 1 fully saturated rings.